The number of methoxy groups -OCH3 is 1. The molecule has 0 bridgehead atoms. The second kappa shape index (κ2) is 4.49. The Balaban J connectivity index is 3.00. The lowest BCUT2D eigenvalue weighted by Gasteiger charge is -2.11. The largest absolute Gasteiger partial charge is 0.496 e. The van der Waals surface area contributed by atoms with Crippen molar-refractivity contribution in [1.82, 2.24) is 0 Å². The van der Waals surface area contributed by atoms with Gasteiger partial charge in [-0.05, 0) is 25.5 Å². The normalized spacial score (nSPS) is 12.6. The van der Waals surface area contributed by atoms with Gasteiger partial charge in [0.05, 0.1) is 7.11 Å². The van der Waals surface area contributed by atoms with Crippen molar-refractivity contribution in [3.63, 3.8) is 0 Å². The molecule has 0 heterocycles. The van der Waals surface area contributed by atoms with Gasteiger partial charge in [-0.1, -0.05) is 17.7 Å². The Morgan fingerprint density at radius 2 is 2.23 bits per heavy atom. The van der Waals surface area contributed by atoms with Crippen LogP contribution in [0.2, 0.25) is 5.02 Å². The fraction of sp³-hybridized carbons (Fsp3) is 0.400. The van der Waals surface area contributed by atoms with Gasteiger partial charge in [0, 0.05) is 16.6 Å². The molecule has 2 N–H and O–H groups in total. The summed E-state index contributed by atoms with van der Waals surface area (Å²) in [6.45, 7) is 1.95. The van der Waals surface area contributed by atoms with E-state index >= 15 is 0 Å². The molecule has 0 saturated carbocycles. The third-order valence-electron chi connectivity index (χ3n) is 1.82. The van der Waals surface area contributed by atoms with Gasteiger partial charge in [-0.2, -0.15) is 0 Å². The van der Waals surface area contributed by atoms with E-state index in [9.17, 15) is 0 Å². The van der Waals surface area contributed by atoms with Crippen LogP contribution in [-0.4, -0.2) is 13.2 Å². The van der Waals surface area contributed by atoms with Gasteiger partial charge >= 0.3 is 0 Å². The zero-order valence-electron chi connectivity index (χ0n) is 7.88. The second-order valence-corrected chi connectivity index (χ2v) is 3.51. The maximum absolute atomic E-state index is 6.02. The molecule has 1 unspecified atom stereocenters. The van der Waals surface area contributed by atoms with Crippen LogP contribution in [0.25, 0.3) is 0 Å². The van der Waals surface area contributed by atoms with Crippen LogP contribution in [0.4, 0.5) is 0 Å². The third kappa shape index (κ3) is 2.61. The highest BCUT2D eigenvalue weighted by Crippen LogP contribution is 2.26. The van der Waals surface area contributed by atoms with Crippen LogP contribution in [0, 0.1) is 0 Å². The average Bonchev–Trinajstić information content (AvgIpc) is 2.08. The summed E-state index contributed by atoms with van der Waals surface area (Å²) in [5.41, 5.74) is 6.69. The first-order valence-corrected chi connectivity index (χ1v) is 4.60. The predicted octanol–water partition coefficient (Wildman–Crippen LogP) is 2.24. The van der Waals surface area contributed by atoms with Crippen molar-refractivity contribution >= 4 is 11.6 Å². The molecule has 0 radical (unpaired) electrons. The fourth-order valence-electron chi connectivity index (χ4n) is 1.25. The van der Waals surface area contributed by atoms with Gasteiger partial charge in [-0.15, -0.1) is 0 Å². The number of halogens is 1. The summed E-state index contributed by atoms with van der Waals surface area (Å²) in [5, 5.41) is 0.719. The summed E-state index contributed by atoms with van der Waals surface area (Å²) in [7, 11) is 1.64. The molecule has 0 aliphatic carbocycles. The first-order valence-electron chi connectivity index (χ1n) is 4.22. The Morgan fingerprint density at radius 1 is 1.54 bits per heavy atom. The lowest BCUT2D eigenvalue weighted by Crippen LogP contribution is -2.18. The molecule has 1 atom stereocenters. The summed E-state index contributed by atoms with van der Waals surface area (Å²) >= 11 is 6.02. The van der Waals surface area contributed by atoms with Crippen molar-refractivity contribution in [3.8, 4) is 5.75 Å². The Kier molecular flexibility index (Phi) is 3.58. The summed E-state index contributed by atoms with van der Waals surface area (Å²) < 4.78 is 5.19. The highest BCUT2D eigenvalue weighted by atomic mass is 35.5. The van der Waals surface area contributed by atoms with Gasteiger partial charge in [0.2, 0.25) is 0 Å². The highest BCUT2D eigenvalue weighted by molar-refractivity contribution is 6.31. The van der Waals surface area contributed by atoms with Gasteiger partial charge in [0.25, 0.3) is 0 Å². The second-order valence-electron chi connectivity index (χ2n) is 3.10. The van der Waals surface area contributed by atoms with E-state index in [2.05, 4.69) is 0 Å². The van der Waals surface area contributed by atoms with E-state index in [0.29, 0.717) is 0 Å². The van der Waals surface area contributed by atoms with Crippen molar-refractivity contribution in [2.75, 3.05) is 7.11 Å². The quantitative estimate of drug-likeness (QED) is 0.811. The van der Waals surface area contributed by atoms with Gasteiger partial charge in [0.1, 0.15) is 5.75 Å². The number of ether oxygens (including phenoxy) is 1. The van der Waals surface area contributed by atoms with Crippen molar-refractivity contribution in [2.45, 2.75) is 19.4 Å². The van der Waals surface area contributed by atoms with E-state index in [0.717, 1.165) is 22.8 Å². The Morgan fingerprint density at radius 3 is 2.77 bits per heavy atom. The monoisotopic (exact) mass is 199 g/mol. The molecule has 1 aromatic rings. The smallest absolute Gasteiger partial charge is 0.123 e. The van der Waals surface area contributed by atoms with E-state index in [1.807, 2.05) is 25.1 Å². The van der Waals surface area contributed by atoms with Gasteiger partial charge in [-0.25, -0.2) is 0 Å². The minimum atomic E-state index is 0.0915. The molecule has 0 aliphatic heterocycles. The molecule has 3 heteroatoms. The lowest BCUT2D eigenvalue weighted by atomic mass is 10.1. The number of rotatable bonds is 3. The highest BCUT2D eigenvalue weighted by Gasteiger charge is 2.08. The summed E-state index contributed by atoms with van der Waals surface area (Å²) in [4.78, 5) is 0. The van der Waals surface area contributed by atoms with Crippen LogP contribution in [-0.2, 0) is 6.42 Å². The molecule has 0 fully saturated rings. The molecular formula is C10H14ClNO. The third-order valence-corrected chi connectivity index (χ3v) is 2.18. The molecule has 1 aromatic carbocycles. The standard InChI is InChI=1S/C10H14ClNO/c1-7(12)6-8-9(11)4-3-5-10(8)13-2/h3-5,7H,6,12H2,1-2H3. The maximum atomic E-state index is 6.02. The van der Waals surface area contributed by atoms with E-state index < -0.39 is 0 Å². The van der Waals surface area contributed by atoms with Crippen molar-refractivity contribution in [3.05, 3.63) is 28.8 Å². The molecule has 0 spiro atoms. The lowest BCUT2D eigenvalue weighted by molar-refractivity contribution is 0.408. The van der Waals surface area contributed by atoms with Gasteiger partial charge < -0.3 is 10.5 Å². The topological polar surface area (TPSA) is 35.2 Å². The molecule has 2 nitrogen and oxygen atoms in total. The van der Waals surface area contributed by atoms with Crippen LogP contribution < -0.4 is 10.5 Å². The fourth-order valence-corrected chi connectivity index (χ4v) is 1.49. The van der Waals surface area contributed by atoms with E-state index in [-0.39, 0.29) is 6.04 Å². The first kappa shape index (κ1) is 10.4. The van der Waals surface area contributed by atoms with Crippen LogP contribution in [0.3, 0.4) is 0 Å². The molecular weight excluding hydrogens is 186 g/mol. The zero-order valence-corrected chi connectivity index (χ0v) is 8.64. The van der Waals surface area contributed by atoms with Crippen LogP contribution in [0.1, 0.15) is 12.5 Å². The Labute approximate surface area is 83.6 Å². The molecule has 0 aliphatic rings. The summed E-state index contributed by atoms with van der Waals surface area (Å²) in [6, 6.07) is 5.70. The van der Waals surface area contributed by atoms with Crippen LogP contribution >= 0.6 is 11.6 Å². The number of hydrogen-bond donors (Lipinski definition) is 1. The number of nitrogens with two attached hydrogens (primary N) is 1. The van der Waals surface area contributed by atoms with Crippen LogP contribution in [0.15, 0.2) is 18.2 Å². The minimum Gasteiger partial charge on any atom is -0.496 e. The molecule has 0 saturated heterocycles. The molecule has 0 aromatic heterocycles. The molecule has 72 valence electrons. The number of hydrogen-bond acceptors (Lipinski definition) is 2. The minimum absolute atomic E-state index is 0.0915. The zero-order chi connectivity index (χ0) is 9.84. The summed E-state index contributed by atoms with van der Waals surface area (Å²) in [6.07, 6.45) is 0.739. The van der Waals surface area contributed by atoms with Crippen LogP contribution in [0.5, 0.6) is 5.75 Å². The Bertz CT molecular complexity index is 286. The molecule has 1 rings (SSSR count). The van der Waals surface area contributed by atoms with Crippen molar-refractivity contribution < 1.29 is 4.74 Å². The van der Waals surface area contributed by atoms with E-state index in [4.69, 9.17) is 22.1 Å². The van der Waals surface area contributed by atoms with Gasteiger partial charge in [0.15, 0.2) is 0 Å². The van der Waals surface area contributed by atoms with E-state index in [1.54, 1.807) is 7.11 Å². The molecule has 0 amide bonds. The average molecular weight is 200 g/mol. The SMILES string of the molecule is COc1cccc(Cl)c1CC(C)N. The maximum Gasteiger partial charge on any atom is 0.123 e. The van der Waals surface area contributed by atoms with Gasteiger partial charge in [-0.3, -0.25) is 0 Å². The summed E-state index contributed by atoms with van der Waals surface area (Å²) in [5.74, 6) is 0.810. The van der Waals surface area contributed by atoms with E-state index in [1.165, 1.54) is 0 Å². The Hall–Kier alpha value is -0.730. The van der Waals surface area contributed by atoms with Crippen molar-refractivity contribution in [1.29, 1.82) is 0 Å². The first-order chi connectivity index (χ1) is 6.15. The van der Waals surface area contributed by atoms with Crippen molar-refractivity contribution in [2.24, 2.45) is 5.73 Å². The molecule has 13 heavy (non-hydrogen) atoms. The number of benzene rings is 1. The predicted molar refractivity (Wildman–Crippen MR) is 55.4 cm³/mol.